The standard InChI is InChI=1S/C15H21NO4S2/c1-3-10-16(14-9-11-21(17,18)12-14)22(19,20)15-7-5-13(4-2)6-8-15/h3,5-8,14H,1,4,9-12H2,2H3/t14-/m1/s1. The smallest absolute Gasteiger partial charge is 0.229 e. The van der Waals surface area contributed by atoms with Gasteiger partial charge in [0.1, 0.15) is 0 Å². The summed E-state index contributed by atoms with van der Waals surface area (Å²) in [5.41, 5.74) is 1.05. The Morgan fingerprint density at radius 3 is 2.41 bits per heavy atom. The van der Waals surface area contributed by atoms with Crippen molar-refractivity contribution in [2.75, 3.05) is 18.1 Å². The van der Waals surface area contributed by atoms with Crippen LogP contribution in [0.5, 0.6) is 0 Å². The molecule has 1 fully saturated rings. The molecule has 1 aromatic rings. The second-order valence-electron chi connectivity index (χ2n) is 5.42. The molecule has 0 N–H and O–H groups in total. The molecule has 1 aliphatic rings. The second kappa shape index (κ2) is 6.52. The van der Waals surface area contributed by atoms with Crippen molar-refractivity contribution in [2.45, 2.75) is 30.7 Å². The maximum Gasteiger partial charge on any atom is 0.243 e. The average Bonchev–Trinajstić information content (AvgIpc) is 2.84. The Labute approximate surface area is 132 Å². The van der Waals surface area contributed by atoms with E-state index in [1.54, 1.807) is 24.3 Å². The summed E-state index contributed by atoms with van der Waals surface area (Å²) < 4.78 is 50.2. The molecule has 5 nitrogen and oxygen atoms in total. The monoisotopic (exact) mass is 343 g/mol. The zero-order valence-electron chi connectivity index (χ0n) is 12.6. The summed E-state index contributed by atoms with van der Waals surface area (Å²) >= 11 is 0. The first-order valence-corrected chi connectivity index (χ1v) is 10.5. The van der Waals surface area contributed by atoms with Crippen molar-refractivity contribution < 1.29 is 16.8 Å². The number of benzene rings is 1. The quantitative estimate of drug-likeness (QED) is 0.736. The molecule has 0 saturated carbocycles. The summed E-state index contributed by atoms with van der Waals surface area (Å²) in [6, 6.07) is 6.20. The van der Waals surface area contributed by atoms with E-state index in [9.17, 15) is 16.8 Å². The molecule has 1 aliphatic heterocycles. The fourth-order valence-corrected chi connectivity index (χ4v) is 6.06. The summed E-state index contributed by atoms with van der Waals surface area (Å²) in [6.45, 7) is 5.69. The van der Waals surface area contributed by atoms with E-state index >= 15 is 0 Å². The second-order valence-corrected chi connectivity index (χ2v) is 9.54. The minimum absolute atomic E-state index is 0.0373. The minimum Gasteiger partial charge on any atom is -0.229 e. The number of hydrogen-bond acceptors (Lipinski definition) is 4. The zero-order chi connectivity index (χ0) is 16.4. The predicted molar refractivity (Wildman–Crippen MR) is 87.0 cm³/mol. The molecule has 1 heterocycles. The van der Waals surface area contributed by atoms with Gasteiger partial charge in [-0.3, -0.25) is 0 Å². The van der Waals surface area contributed by atoms with Gasteiger partial charge in [0, 0.05) is 12.6 Å². The Hall–Kier alpha value is -1.18. The first-order chi connectivity index (χ1) is 10.3. The molecule has 2 rings (SSSR count). The maximum absolute atomic E-state index is 12.8. The highest BCUT2D eigenvalue weighted by Gasteiger charge is 2.38. The van der Waals surface area contributed by atoms with Crippen LogP contribution in [0.4, 0.5) is 0 Å². The minimum atomic E-state index is -3.72. The van der Waals surface area contributed by atoms with E-state index < -0.39 is 25.9 Å². The van der Waals surface area contributed by atoms with Gasteiger partial charge in [-0.05, 0) is 30.5 Å². The van der Waals surface area contributed by atoms with E-state index in [2.05, 4.69) is 6.58 Å². The van der Waals surface area contributed by atoms with Gasteiger partial charge in [0.2, 0.25) is 10.0 Å². The van der Waals surface area contributed by atoms with E-state index in [0.29, 0.717) is 6.42 Å². The third-order valence-corrected chi connectivity index (χ3v) is 7.55. The van der Waals surface area contributed by atoms with Crippen LogP contribution in [0.15, 0.2) is 41.8 Å². The van der Waals surface area contributed by atoms with Crippen LogP contribution >= 0.6 is 0 Å². The van der Waals surface area contributed by atoms with Crippen LogP contribution < -0.4 is 0 Å². The lowest BCUT2D eigenvalue weighted by Crippen LogP contribution is -2.41. The fraction of sp³-hybridized carbons (Fsp3) is 0.467. The molecule has 1 saturated heterocycles. The van der Waals surface area contributed by atoms with Crippen molar-refractivity contribution >= 4 is 19.9 Å². The maximum atomic E-state index is 12.8. The Balaban J connectivity index is 2.35. The topological polar surface area (TPSA) is 71.5 Å². The van der Waals surface area contributed by atoms with Gasteiger partial charge in [0.25, 0.3) is 0 Å². The van der Waals surface area contributed by atoms with Gasteiger partial charge >= 0.3 is 0 Å². The first-order valence-electron chi connectivity index (χ1n) is 7.22. The average molecular weight is 343 g/mol. The molecule has 0 amide bonds. The van der Waals surface area contributed by atoms with Gasteiger partial charge in [0.15, 0.2) is 9.84 Å². The first kappa shape index (κ1) is 17.2. The predicted octanol–water partition coefficient (Wildman–Crippen LogP) is 1.61. The number of sulfone groups is 1. The molecule has 0 radical (unpaired) electrons. The number of sulfonamides is 1. The highest BCUT2D eigenvalue weighted by Crippen LogP contribution is 2.25. The van der Waals surface area contributed by atoms with Gasteiger partial charge < -0.3 is 0 Å². The summed E-state index contributed by atoms with van der Waals surface area (Å²) in [5, 5.41) is 0. The van der Waals surface area contributed by atoms with Crippen LogP contribution in [-0.2, 0) is 26.3 Å². The van der Waals surface area contributed by atoms with Crippen molar-refractivity contribution in [3.05, 3.63) is 42.5 Å². The highest BCUT2D eigenvalue weighted by molar-refractivity contribution is 7.92. The van der Waals surface area contributed by atoms with Crippen LogP contribution in [0.1, 0.15) is 18.9 Å². The van der Waals surface area contributed by atoms with Gasteiger partial charge in [0.05, 0.1) is 16.4 Å². The Morgan fingerprint density at radius 1 is 1.32 bits per heavy atom. The van der Waals surface area contributed by atoms with Gasteiger partial charge in [-0.2, -0.15) is 4.31 Å². The fourth-order valence-electron chi connectivity index (χ4n) is 2.61. The molecule has 0 aliphatic carbocycles. The van der Waals surface area contributed by atoms with Crippen LogP contribution in [0, 0.1) is 0 Å². The molecule has 0 aromatic heterocycles. The van der Waals surface area contributed by atoms with Crippen molar-refractivity contribution in [3.63, 3.8) is 0 Å². The molecular weight excluding hydrogens is 322 g/mol. The zero-order valence-corrected chi connectivity index (χ0v) is 14.2. The molecule has 0 bridgehead atoms. The lowest BCUT2D eigenvalue weighted by Gasteiger charge is -2.26. The van der Waals surface area contributed by atoms with Crippen LogP contribution in [-0.4, -0.2) is 45.2 Å². The molecule has 0 unspecified atom stereocenters. The Morgan fingerprint density at radius 2 is 1.95 bits per heavy atom. The van der Waals surface area contributed by atoms with Crippen molar-refractivity contribution in [2.24, 2.45) is 0 Å². The van der Waals surface area contributed by atoms with E-state index in [1.165, 1.54) is 10.4 Å². The van der Waals surface area contributed by atoms with Crippen LogP contribution in [0.25, 0.3) is 0 Å². The van der Waals surface area contributed by atoms with Crippen molar-refractivity contribution in [1.82, 2.24) is 4.31 Å². The van der Waals surface area contributed by atoms with Crippen molar-refractivity contribution in [3.8, 4) is 0 Å². The molecule has 0 spiro atoms. The summed E-state index contributed by atoms with van der Waals surface area (Å²) in [5.74, 6) is -0.0806. The molecule has 1 atom stereocenters. The highest BCUT2D eigenvalue weighted by atomic mass is 32.2. The molecule has 22 heavy (non-hydrogen) atoms. The molecule has 7 heteroatoms. The Bertz CT molecular complexity index is 736. The number of aryl methyl sites for hydroxylation is 1. The lowest BCUT2D eigenvalue weighted by atomic mass is 10.2. The third kappa shape index (κ3) is 3.59. The van der Waals surface area contributed by atoms with Gasteiger partial charge in [-0.15, -0.1) is 6.58 Å². The normalized spacial score (nSPS) is 21.1. The molecule has 1 aromatic carbocycles. The summed E-state index contributed by atoms with van der Waals surface area (Å²) in [7, 11) is -6.88. The third-order valence-electron chi connectivity index (χ3n) is 3.86. The van der Waals surface area contributed by atoms with Gasteiger partial charge in [-0.1, -0.05) is 25.1 Å². The van der Waals surface area contributed by atoms with E-state index in [0.717, 1.165) is 12.0 Å². The van der Waals surface area contributed by atoms with E-state index in [4.69, 9.17) is 0 Å². The number of hydrogen-bond donors (Lipinski definition) is 0. The number of rotatable bonds is 6. The van der Waals surface area contributed by atoms with E-state index in [1.807, 2.05) is 6.92 Å². The molecular formula is C15H21NO4S2. The molecule has 122 valence electrons. The summed E-state index contributed by atoms with van der Waals surface area (Å²) in [4.78, 5) is 0.191. The largest absolute Gasteiger partial charge is 0.243 e. The van der Waals surface area contributed by atoms with E-state index in [-0.39, 0.29) is 22.9 Å². The van der Waals surface area contributed by atoms with Crippen LogP contribution in [0.3, 0.4) is 0 Å². The SMILES string of the molecule is C=CCN([C@@H]1CCS(=O)(=O)C1)S(=O)(=O)c1ccc(CC)cc1. The van der Waals surface area contributed by atoms with Crippen molar-refractivity contribution in [1.29, 1.82) is 0 Å². The summed E-state index contributed by atoms with van der Waals surface area (Å²) in [6.07, 6.45) is 2.66. The van der Waals surface area contributed by atoms with Crippen LogP contribution in [0.2, 0.25) is 0 Å². The Kier molecular flexibility index (Phi) is 5.09. The lowest BCUT2D eigenvalue weighted by molar-refractivity contribution is 0.367. The number of nitrogens with zero attached hydrogens (tertiary/aromatic N) is 1. The van der Waals surface area contributed by atoms with Gasteiger partial charge in [-0.25, -0.2) is 16.8 Å².